The third-order valence-corrected chi connectivity index (χ3v) is 12.0. The fourth-order valence-corrected chi connectivity index (χ4v) is 10.0. The highest BCUT2D eigenvalue weighted by molar-refractivity contribution is 8.14. The van der Waals surface area contributed by atoms with Crippen LogP contribution in [-0.4, -0.2) is 56.5 Å². The maximum absolute atomic E-state index is 13.9. The molecule has 0 saturated heterocycles. The number of aromatic nitrogens is 2. The number of thioether (sulfide) groups is 1. The second-order valence-corrected chi connectivity index (χ2v) is 14.0. The standard InChI is InChI=1S/C33H39FN2O6S/c1-5-27(38)42-33(30(40)43-18-28(39)41-4)13-12-24-23-11-6-20-14-25-19(17-35-36(25)22-9-7-21(34)8-10-22)15-31(20,2)29(23)26(37)16-32(24,33)3/h7-10,14,17,23-24,26,29,37H,5-6,11-13,15-16,18H2,1-4H3/t23-,24-,26-,29+,31-,32-,33-/m0/s1. The zero-order valence-electron chi connectivity index (χ0n) is 25.1. The molecule has 4 aliphatic rings. The van der Waals surface area contributed by atoms with Crippen molar-refractivity contribution in [3.05, 3.63) is 53.1 Å². The number of benzene rings is 1. The predicted octanol–water partition coefficient (Wildman–Crippen LogP) is 5.29. The van der Waals surface area contributed by atoms with Gasteiger partial charge in [-0.1, -0.05) is 38.1 Å². The van der Waals surface area contributed by atoms with E-state index in [1.165, 1.54) is 24.8 Å². The number of rotatable bonds is 6. The van der Waals surface area contributed by atoms with E-state index in [1.807, 2.05) is 17.8 Å². The summed E-state index contributed by atoms with van der Waals surface area (Å²) in [5.74, 6) is -1.27. The molecule has 3 fully saturated rings. The molecule has 0 unspecified atom stereocenters. The molecule has 8 nitrogen and oxygen atoms in total. The number of hydrogen-bond acceptors (Lipinski definition) is 8. The Hall–Kier alpha value is -2.98. The van der Waals surface area contributed by atoms with Crippen LogP contribution in [-0.2, 0) is 30.3 Å². The van der Waals surface area contributed by atoms with Gasteiger partial charge in [-0.05, 0) is 97.6 Å². The number of fused-ring (bicyclic) bond motifs is 6. The lowest BCUT2D eigenvalue weighted by atomic mass is 9.45. The summed E-state index contributed by atoms with van der Waals surface area (Å²) in [6, 6.07) is 6.31. The minimum absolute atomic E-state index is 0.0385. The number of aliphatic hydroxyl groups excluding tert-OH is 1. The van der Waals surface area contributed by atoms with Gasteiger partial charge in [-0.3, -0.25) is 14.4 Å². The molecule has 230 valence electrons. The van der Waals surface area contributed by atoms with Crippen LogP contribution >= 0.6 is 11.8 Å². The molecule has 0 spiro atoms. The largest absolute Gasteiger partial charge is 0.468 e. The number of allylic oxidation sites excluding steroid dienone is 1. The summed E-state index contributed by atoms with van der Waals surface area (Å²) in [5.41, 5.74) is 1.66. The zero-order chi connectivity index (χ0) is 30.7. The van der Waals surface area contributed by atoms with E-state index in [0.717, 1.165) is 48.0 Å². The maximum Gasteiger partial charge on any atom is 0.316 e. The number of carbonyl (C=O) groups excluding carboxylic acids is 3. The highest BCUT2D eigenvalue weighted by Crippen LogP contribution is 2.68. The Morgan fingerprint density at radius 3 is 2.60 bits per heavy atom. The van der Waals surface area contributed by atoms with Gasteiger partial charge in [-0.15, -0.1) is 0 Å². The Morgan fingerprint density at radius 1 is 1.16 bits per heavy atom. The van der Waals surface area contributed by atoms with Crippen LogP contribution in [0, 0.1) is 34.4 Å². The summed E-state index contributed by atoms with van der Waals surface area (Å²) in [7, 11) is 1.28. The Bertz CT molecular complexity index is 1490. The molecule has 10 heteroatoms. The topological polar surface area (TPSA) is 108 Å². The first-order chi connectivity index (χ1) is 20.5. The van der Waals surface area contributed by atoms with Gasteiger partial charge in [0.05, 0.1) is 36.5 Å². The molecule has 0 bridgehead atoms. The van der Waals surface area contributed by atoms with Gasteiger partial charge in [-0.2, -0.15) is 5.10 Å². The SMILES string of the molecule is CCC(=O)O[C@]1(C(=O)SCC(=O)OC)CC[C@H]2[C@@H]3CCC4=Cc5c(cnn5-c5ccc(F)cc5)C[C@]4(C)[C@H]3[C@@H](O)C[C@@]21C. The lowest BCUT2D eigenvalue weighted by molar-refractivity contribution is -0.196. The number of ether oxygens (including phenoxy) is 2. The van der Waals surface area contributed by atoms with E-state index in [-0.39, 0.29) is 46.3 Å². The van der Waals surface area contributed by atoms with E-state index in [0.29, 0.717) is 19.3 Å². The summed E-state index contributed by atoms with van der Waals surface area (Å²) < 4.78 is 26.3. The molecule has 1 N–H and O–H groups in total. The molecule has 1 heterocycles. The molecule has 7 atom stereocenters. The van der Waals surface area contributed by atoms with E-state index >= 15 is 0 Å². The number of carbonyl (C=O) groups is 3. The molecule has 0 radical (unpaired) electrons. The summed E-state index contributed by atoms with van der Waals surface area (Å²) in [5, 5.41) is 16.3. The van der Waals surface area contributed by atoms with Crippen molar-refractivity contribution >= 4 is 34.9 Å². The first-order valence-electron chi connectivity index (χ1n) is 15.1. The Balaban J connectivity index is 1.33. The number of aliphatic hydroxyl groups is 1. The van der Waals surface area contributed by atoms with Gasteiger partial charge in [0, 0.05) is 11.8 Å². The minimum atomic E-state index is -1.41. The number of hydrogen-bond donors (Lipinski definition) is 1. The normalized spacial score (nSPS) is 34.2. The van der Waals surface area contributed by atoms with Gasteiger partial charge in [0.15, 0.2) is 5.60 Å². The van der Waals surface area contributed by atoms with Gasteiger partial charge < -0.3 is 14.6 Å². The maximum atomic E-state index is 13.9. The third kappa shape index (κ3) is 4.58. The lowest BCUT2D eigenvalue weighted by Gasteiger charge is -2.60. The second-order valence-electron chi connectivity index (χ2n) is 13.1. The van der Waals surface area contributed by atoms with Crippen LogP contribution in [0.25, 0.3) is 11.8 Å². The predicted molar refractivity (Wildman–Crippen MR) is 160 cm³/mol. The van der Waals surface area contributed by atoms with Crippen molar-refractivity contribution in [2.24, 2.45) is 28.6 Å². The van der Waals surface area contributed by atoms with Crippen LogP contribution in [0.5, 0.6) is 0 Å². The van der Waals surface area contributed by atoms with Gasteiger partial charge in [0.25, 0.3) is 0 Å². The quantitative estimate of drug-likeness (QED) is 0.440. The molecule has 4 aliphatic carbocycles. The number of halogens is 1. The van der Waals surface area contributed by atoms with E-state index in [4.69, 9.17) is 9.47 Å². The van der Waals surface area contributed by atoms with Crippen LogP contribution < -0.4 is 0 Å². The van der Waals surface area contributed by atoms with Gasteiger partial charge in [-0.25, -0.2) is 9.07 Å². The average molecular weight is 611 g/mol. The molecule has 1 aromatic carbocycles. The van der Waals surface area contributed by atoms with Crippen molar-refractivity contribution in [2.45, 2.75) is 77.4 Å². The summed E-state index contributed by atoms with van der Waals surface area (Å²) >= 11 is 0.842. The van der Waals surface area contributed by atoms with Crippen molar-refractivity contribution in [1.82, 2.24) is 9.78 Å². The van der Waals surface area contributed by atoms with Crippen molar-refractivity contribution in [1.29, 1.82) is 0 Å². The molecule has 0 amide bonds. The van der Waals surface area contributed by atoms with E-state index in [9.17, 15) is 23.9 Å². The fraction of sp³-hybridized carbons (Fsp3) is 0.576. The Kier molecular flexibility index (Phi) is 7.60. The summed E-state index contributed by atoms with van der Waals surface area (Å²) in [6.07, 6.45) is 7.32. The molecule has 2 aromatic rings. The molecule has 3 saturated carbocycles. The van der Waals surface area contributed by atoms with Crippen molar-refractivity contribution in [3.8, 4) is 5.69 Å². The Labute approximate surface area is 255 Å². The first-order valence-corrected chi connectivity index (χ1v) is 16.1. The monoisotopic (exact) mass is 610 g/mol. The highest BCUT2D eigenvalue weighted by Gasteiger charge is 2.70. The van der Waals surface area contributed by atoms with Crippen LogP contribution in [0.3, 0.4) is 0 Å². The average Bonchev–Trinajstić information content (AvgIpc) is 3.52. The van der Waals surface area contributed by atoms with Crippen molar-refractivity contribution in [3.63, 3.8) is 0 Å². The van der Waals surface area contributed by atoms with E-state index in [2.05, 4.69) is 18.1 Å². The third-order valence-electron chi connectivity index (χ3n) is 11.1. The number of methoxy groups -OCH3 is 1. The molecular weight excluding hydrogens is 571 g/mol. The lowest BCUT2D eigenvalue weighted by Crippen LogP contribution is -2.62. The zero-order valence-corrected chi connectivity index (χ0v) is 25.9. The summed E-state index contributed by atoms with van der Waals surface area (Å²) in [4.78, 5) is 38.5. The van der Waals surface area contributed by atoms with Crippen LogP contribution in [0.4, 0.5) is 4.39 Å². The minimum Gasteiger partial charge on any atom is -0.468 e. The van der Waals surface area contributed by atoms with Crippen LogP contribution in [0.15, 0.2) is 36.0 Å². The van der Waals surface area contributed by atoms with Gasteiger partial charge >= 0.3 is 11.9 Å². The molecule has 43 heavy (non-hydrogen) atoms. The molecule has 1 aromatic heterocycles. The fourth-order valence-electron chi connectivity index (χ4n) is 9.07. The van der Waals surface area contributed by atoms with Crippen LogP contribution in [0.2, 0.25) is 0 Å². The molecule has 6 rings (SSSR count). The van der Waals surface area contributed by atoms with Gasteiger partial charge in [0.2, 0.25) is 5.12 Å². The molecule has 0 aliphatic heterocycles. The van der Waals surface area contributed by atoms with E-state index in [1.54, 1.807) is 19.1 Å². The number of nitrogens with zero attached hydrogens (tertiary/aromatic N) is 2. The Morgan fingerprint density at radius 2 is 1.91 bits per heavy atom. The smallest absolute Gasteiger partial charge is 0.316 e. The van der Waals surface area contributed by atoms with Crippen LogP contribution in [0.1, 0.15) is 70.6 Å². The van der Waals surface area contributed by atoms with Crippen molar-refractivity contribution < 1.29 is 33.4 Å². The molecular formula is C33H39FN2O6S. The second kappa shape index (κ2) is 10.9. The first kappa shape index (κ1) is 30.1. The van der Waals surface area contributed by atoms with Gasteiger partial charge in [0.1, 0.15) is 5.82 Å². The van der Waals surface area contributed by atoms with E-state index < -0.39 is 29.1 Å². The highest BCUT2D eigenvalue weighted by atomic mass is 32.2. The summed E-state index contributed by atoms with van der Waals surface area (Å²) in [6.45, 7) is 5.95. The number of esters is 2. The van der Waals surface area contributed by atoms with Crippen molar-refractivity contribution in [2.75, 3.05) is 12.9 Å².